The number of hydrogen-bond donors (Lipinski definition) is 2. The molecule has 1 unspecified atom stereocenters. The van der Waals surface area contributed by atoms with E-state index >= 15 is 0 Å². The molecule has 0 aromatic heterocycles. The Labute approximate surface area is 123 Å². The monoisotopic (exact) mass is 314 g/mol. The zero-order valence-electron chi connectivity index (χ0n) is 10.7. The average molecular weight is 315 g/mol. The number of nitrogens with one attached hydrogen (secondary N) is 1. The molecule has 1 aromatic rings. The number of halogens is 1. The maximum absolute atomic E-state index is 12.1. The topological polar surface area (TPSA) is 119 Å². The van der Waals surface area contributed by atoms with Crippen molar-refractivity contribution in [3.63, 3.8) is 0 Å². The van der Waals surface area contributed by atoms with E-state index in [2.05, 4.69) is 5.32 Å². The van der Waals surface area contributed by atoms with E-state index in [1.54, 1.807) is 0 Å². The van der Waals surface area contributed by atoms with Gasteiger partial charge in [-0.05, 0) is 12.1 Å². The minimum Gasteiger partial charge on any atom is -0.479 e. The molecule has 1 saturated heterocycles. The van der Waals surface area contributed by atoms with Gasteiger partial charge in [-0.2, -0.15) is 0 Å². The SMILES string of the molecule is O=C(NC1(C(=O)O)CCOC1)c1ccc(Cl)c([N+](=O)[O-])c1. The highest BCUT2D eigenvalue weighted by atomic mass is 35.5. The summed E-state index contributed by atoms with van der Waals surface area (Å²) in [6.45, 7) is 0.0666. The van der Waals surface area contributed by atoms with Gasteiger partial charge in [0.05, 0.1) is 11.5 Å². The zero-order valence-corrected chi connectivity index (χ0v) is 11.4. The number of amides is 1. The molecule has 0 radical (unpaired) electrons. The van der Waals surface area contributed by atoms with Crippen LogP contribution in [-0.4, -0.2) is 40.7 Å². The van der Waals surface area contributed by atoms with E-state index in [0.29, 0.717) is 0 Å². The highest BCUT2D eigenvalue weighted by molar-refractivity contribution is 6.32. The Kier molecular flexibility index (Phi) is 4.10. The molecule has 2 N–H and O–H groups in total. The van der Waals surface area contributed by atoms with Crippen LogP contribution in [0, 0.1) is 10.1 Å². The highest BCUT2D eigenvalue weighted by Gasteiger charge is 2.44. The van der Waals surface area contributed by atoms with Crippen LogP contribution in [0.25, 0.3) is 0 Å². The van der Waals surface area contributed by atoms with Crippen molar-refractivity contribution in [3.8, 4) is 0 Å². The fourth-order valence-electron chi connectivity index (χ4n) is 1.97. The van der Waals surface area contributed by atoms with Crippen molar-refractivity contribution in [3.05, 3.63) is 38.9 Å². The number of hydrogen-bond acceptors (Lipinski definition) is 5. The number of benzene rings is 1. The van der Waals surface area contributed by atoms with E-state index in [0.717, 1.165) is 6.07 Å². The molecule has 0 aliphatic carbocycles. The first kappa shape index (κ1) is 15.2. The first-order chi connectivity index (χ1) is 9.85. The lowest BCUT2D eigenvalue weighted by Gasteiger charge is -2.23. The van der Waals surface area contributed by atoms with Crippen LogP contribution in [-0.2, 0) is 9.53 Å². The molecule has 0 saturated carbocycles. The summed E-state index contributed by atoms with van der Waals surface area (Å²) in [6, 6.07) is 3.51. The van der Waals surface area contributed by atoms with Crippen molar-refractivity contribution in [2.45, 2.75) is 12.0 Å². The fraction of sp³-hybridized carbons (Fsp3) is 0.333. The van der Waals surface area contributed by atoms with Gasteiger partial charge in [-0.15, -0.1) is 0 Å². The van der Waals surface area contributed by atoms with E-state index in [9.17, 15) is 24.8 Å². The van der Waals surface area contributed by atoms with Crippen molar-refractivity contribution in [1.82, 2.24) is 5.32 Å². The molecule has 0 bridgehead atoms. The van der Waals surface area contributed by atoms with Crippen LogP contribution in [0.2, 0.25) is 5.02 Å². The Morgan fingerprint density at radius 2 is 2.19 bits per heavy atom. The maximum atomic E-state index is 12.1. The van der Waals surface area contributed by atoms with Gasteiger partial charge in [0.1, 0.15) is 5.02 Å². The third-order valence-corrected chi connectivity index (χ3v) is 3.51. The van der Waals surface area contributed by atoms with Crippen molar-refractivity contribution in [2.75, 3.05) is 13.2 Å². The molecule has 9 heteroatoms. The lowest BCUT2D eigenvalue weighted by molar-refractivity contribution is -0.384. The van der Waals surface area contributed by atoms with Crippen molar-refractivity contribution in [1.29, 1.82) is 0 Å². The highest BCUT2D eigenvalue weighted by Crippen LogP contribution is 2.26. The molecular formula is C12H11ClN2O6. The first-order valence-corrected chi connectivity index (χ1v) is 6.31. The number of nitro benzene ring substituents is 1. The van der Waals surface area contributed by atoms with Crippen LogP contribution >= 0.6 is 11.6 Å². The van der Waals surface area contributed by atoms with Gasteiger partial charge >= 0.3 is 5.97 Å². The molecule has 1 atom stereocenters. The van der Waals surface area contributed by atoms with Crippen LogP contribution in [0.3, 0.4) is 0 Å². The second kappa shape index (κ2) is 5.66. The summed E-state index contributed by atoms with van der Waals surface area (Å²) in [7, 11) is 0. The average Bonchev–Trinajstić information content (AvgIpc) is 2.88. The third kappa shape index (κ3) is 2.96. The molecule has 1 aliphatic heterocycles. The van der Waals surface area contributed by atoms with Gasteiger partial charge in [0.15, 0.2) is 5.54 Å². The van der Waals surface area contributed by atoms with Gasteiger partial charge in [-0.25, -0.2) is 4.79 Å². The van der Waals surface area contributed by atoms with Crippen LogP contribution in [0.4, 0.5) is 5.69 Å². The molecular weight excluding hydrogens is 304 g/mol. The molecule has 21 heavy (non-hydrogen) atoms. The van der Waals surface area contributed by atoms with Crippen molar-refractivity contribution < 1.29 is 24.4 Å². The van der Waals surface area contributed by atoms with Gasteiger partial charge in [-0.3, -0.25) is 14.9 Å². The maximum Gasteiger partial charge on any atom is 0.331 e. The molecule has 1 aromatic carbocycles. The summed E-state index contributed by atoms with van der Waals surface area (Å²) >= 11 is 5.66. The molecule has 1 heterocycles. The summed E-state index contributed by atoms with van der Waals surface area (Å²) in [4.78, 5) is 33.5. The van der Waals surface area contributed by atoms with E-state index < -0.39 is 28.0 Å². The number of carbonyl (C=O) groups excluding carboxylic acids is 1. The van der Waals surface area contributed by atoms with Gasteiger partial charge in [-0.1, -0.05) is 11.6 Å². The minimum absolute atomic E-state index is 0.0429. The Morgan fingerprint density at radius 3 is 2.71 bits per heavy atom. The Hall–Kier alpha value is -2.19. The fourth-order valence-corrected chi connectivity index (χ4v) is 2.16. The number of ether oxygens (including phenoxy) is 1. The summed E-state index contributed by atoms with van der Waals surface area (Å²) < 4.78 is 5.01. The molecule has 112 valence electrons. The molecule has 1 fully saturated rings. The summed E-state index contributed by atoms with van der Waals surface area (Å²) in [6.07, 6.45) is 0.129. The van der Waals surface area contributed by atoms with E-state index in [4.69, 9.17) is 16.3 Å². The summed E-state index contributed by atoms with van der Waals surface area (Å²) in [5.74, 6) is -1.94. The second-order valence-electron chi connectivity index (χ2n) is 4.57. The number of rotatable bonds is 4. The first-order valence-electron chi connectivity index (χ1n) is 5.93. The number of carboxylic acids is 1. The standard InChI is InChI=1S/C12H11ClN2O6/c13-8-2-1-7(5-9(8)15(19)20)10(16)14-12(11(17)18)3-4-21-6-12/h1-2,5H,3-4,6H2,(H,14,16)(H,17,18). The lowest BCUT2D eigenvalue weighted by atomic mass is 9.98. The number of carboxylic acid groups (broad SMARTS) is 1. The van der Waals surface area contributed by atoms with Crippen LogP contribution in [0.5, 0.6) is 0 Å². The van der Waals surface area contributed by atoms with Crippen LogP contribution in [0.1, 0.15) is 16.8 Å². The molecule has 1 amide bonds. The normalized spacial score (nSPS) is 21.0. The number of nitro groups is 1. The largest absolute Gasteiger partial charge is 0.479 e. The Balaban J connectivity index is 2.26. The van der Waals surface area contributed by atoms with Crippen molar-refractivity contribution >= 4 is 29.2 Å². The lowest BCUT2D eigenvalue weighted by Crippen LogP contribution is -2.55. The van der Waals surface area contributed by atoms with Gasteiger partial charge in [0, 0.05) is 24.7 Å². The molecule has 1 aliphatic rings. The number of aliphatic carboxylic acids is 1. The smallest absolute Gasteiger partial charge is 0.331 e. The zero-order chi connectivity index (χ0) is 15.6. The second-order valence-corrected chi connectivity index (χ2v) is 4.97. The molecule has 8 nitrogen and oxygen atoms in total. The number of nitrogens with zero attached hydrogens (tertiary/aromatic N) is 1. The quantitative estimate of drug-likeness (QED) is 0.637. The Bertz CT molecular complexity index is 612. The number of carbonyl (C=O) groups is 2. The minimum atomic E-state index is -1.51. The van der Waals surface area contributed by atoms with Crippen LogP contribution < -0.4 is 5.32 Å². The van der Waals surface area contributed by atoms with E-state index in [-0.39, 0.29) is 30.2 Å². The molecule has 0 spiro atoms. The van der Waals surface area contributed by atoms with Gasteiger partial charge in [0.2, 0.25) is 0 Å². The summed E-state index contributed by atoms with van der Waals surface area (Å²) in [5, 5.41) is 22.3. The predicted molar refractivity (Wildman–Crippen MR) is 71.4 cm³/mol. The van der Waals surface area contributed by atoms with E-state index in [1.807, 2.05) is 0 Å². The summed E-state index contributed by atoms with van der Waals surface area (Å²) in [5.41, 5.74) is -1.97. The third-order valence-electron chi connectivity index (χ3n) is 3.19. The van der Waals surface area contributed by atoms with Gasteiger partial charge < -0.3 is 15.2 Å². The van der Waals surface area contributed by atoms with Gasteiger partial charge in [0.25, 0.3) is 11.6 Å². The predicted octanol–water partition coefficient (Wildman–Crippen LogP) is 1.22. The van der Waals surface area contributed by atoms with E-state index in [1.165, 1.54) is 12.1 Å². The molecule has 2 rings (SSSR count). The Morgan fingerprint density at radius 1 is 1.48 bits per heavy atom. The van der Waals surface area contributed by atoms with Crippen LogP contribution in [0.15, 0.2) is 18.2 Å². The van der Waals surface area contributed by atoms with Crippen molar-refractivity contribution in [2.24, 2.45) is 0 Å².